The summed E-state index contributed by atoms with van der Waals surface area (Å²) in [6.07, 6.45) is 3.73. The molecule has 2 aromatic rings. The van der Waals surface area contributed by atoms with E-state index >= 15 is 0 Å². The van der Waals surface area contributed by atoms with Gasteiger partial charge in [-0.2, -0.15) is 0 Å². The van der Waals surface area contributed by atoms with Gasteiger partial charge >= 0.3 is 6.03 Å². The number of amides is 2. The lowest BCUT2D eigenvalue weighted by atomic mass is 9.93. The fourth-order valence-electron chi connectivity index (χ4n) is 4.05. The first-order valence-corrected chi connectivity index (χ1v) is 10.2. The van der Waals surface area contributed by atoms with E-state index in [1.807, 2.05) is 32.1 Å². The van der Waals surface area contributed by atoms with Crippen LogP contribution in [0.2, 0.25) is 0 Å². The second-order valence-corrected chi connectivity index (χ2v) is 8.06. The van der Waals surface area contributed by atoms with Gasteiger partial charge in [-0.15, -0.1) is 0 Å². The van der Waals surface area contributed by atoms with Gasteiger partial charge < -0.3 is 24.4 Å². The Morgan fingerprint density at radius 1 is 1.21 bits per heavy atom. The van der Waals surface area contributed by atoms with Crippen molar-refractivity contribution in [3.63, 3.8) is 0 Å². The molecule has 0 spiro atoms. The number of urea groups is 1. The maximum Gasteiger partial charge on any atom is 0.317 e. The molecule has 0 bridgehead atoms. The highest BCUT2D eigenvalue weighted by Gasteiger charge is 2.27. The fraction of sp³-hybridized carbons (Fsp3) is 0.650. The van der Waals surface area contributed by atoms with E-state index in [2.05, 4.69) is 25.8 Å². The summed E-state index contributed by atoms with van der Waals surface area (Å²) in [7, 11) is 2.03. The van der Waals surface area contributed by atoms with Gasteiger partial charge in [0.1, 0.15) is 5.52 Å². The van der Waals surface area contributed by atoms with Crippen molar-refractivity contribution in [1.82, 2.24) is 24.8 Å². The van der Waals surface area contributed by atoms with Gasteiger partial charge in [0.05, 0.1) is 25.1 Å². The van der Waals surface area contributed by atoms with Crippen LogP contribution in [-0.2, 0) is 11.8 Å². The summed E-state index contributed by atoms with van der Waals surface area (Å²) in [5.41, 5.74) is 3.19. The van der Waals surface area contributed by atoms with Gasteiger partial charge in [0.2, 0.25) is 0 Å². The molecule has 2 amide bonds. The number of rotatable bonds is 3. The highest BCUT2D eigenvalue weighted by Crippen LogP contribution is 2.32. The maximum absolute atomic E-state index is 12.3. The van der Waals surface area contributed by atoms with Crippen LogP contribution in [0.15, 0.2) is 12.4 Å². The Hall–Kier alpha value is -2.35. The zero-order chi connectivity index (χ0) is 19.7. The number of hydrogen-bond donors (Lipinski definition) is 1. The van der Waals surface area contributed by atoms with Crippen molar-refractivity contribution in [2.45, 2.75) is 38.6 Å². The van der Waals surface area contributed by atoms with Crippen LogP contribution in [-0.4, -0.2) is 70.9 Å². The zero-order valence-electron chi connectivity index (χ0n) is 17.0. The SMILES string of the molecule is CC(C)NC(=O)N1CCC(c2cc3c(ncn3C)c(N3CCOCC3)n2)CC1. The molecule has 8 heteroatoms. The quantitative estimate of drug-likeness (QED) is 0.874. The number of carbonyl (C=O) groups excluding carboxylic acids is 1. The third kappa shape index (κ3) is 3.78. The molecular weight excluding hydrogens is 356 g/mol. The van der Waals surface area contributed by atoms with E-state index in [0.29, 0.717) is 5.92 Å². The largest absolute Gasteiger partial charge is 0.378 e. The second kappa shape index (κ2) is 7.95. The molecule has 0 atom stereocenters. The normalized spacial score (nSPS) is 18.9. The summed E-state index contributed by atoms with van der Waals surface area (Å²) in [6.45, 7) is 8.65. The number of ether oxygens (including phenoxy) is 1. The Bertz CT molecular complexity index is 835. The van der Waals surface area contributed by atoms with Gasteiger partial charge in [0.15, 0.2) is 5.82 Å². The Balaban J connectivity index is 1.56. The first-order valence-electron chi connectivity index (χ1n) is 10.2. The number of carbonyl (C=O) groups is 1. The lowest BCUT2D eigenvalue weighted by molar-refractivity contribution is 0.122. The van der Waals surface area contributed by atoms with Gasteiger partial charge in [0.25, 0.3) is 0 Å². The minimum Gasteiger partial charge on any atom is -0.378 e. The predicted octanol–water partition coefficient (Wildman–Crippen LogP) is 2.10. The van der Waals surface area contributed by atoms with Crippen LogP contribution < -0.4 is 10.2 Å². The number of nitrogens with one attached hydrogen (secondary N) is 1. The van der Waals surface area contributed by atoms with Crippen LogP contribution in [0.1, 0.15) is 38.3 Å². The topological polar surface area (TPSA) is 75.5 Å². The van der Waals surface area contributed by atoms with Crippen LogP contribution in [0.5, 0.6) is 0 Å². The van der Waals surface area contributed by atoms with E-state index in [4.69, 9.17) is 9.72 Å². The average Bonchev–Trinajstić information content (AvgIpc) is 3.08. The number of piperidine rings is 1. The smallest absolute Gasteiger partial charge is 0.317 e. The average molecular weight is 387 g/mol. The fourth-order valence-corrected chi connectivity index (χ4v) is 4.05. The van der Waals surface area contributed by atoms with Crippen LogP contribution in [0.3, 0.4) is 0 Å². The molecule has 4 rings (SSSR count). The van der Waals surface area contributed by atoms with Gasteiger partial charge in [-0.05, 0) is 32.8 Å². The van der Waals surface area contributed by atoms with Crippen molar-refractivity contribution in [3.05, 3.63) is 18.1 Å². The van der Waals surface area contributed by atoms with Gasteiger partial charge in [-0.3, -0.25) is 0 Å². The maximum atomic E-state index is 12.3. The van der Waals surface area contributed by atoms with Crippen molar-refractivity contribution in [3.8, 4) is 0 Å². The Labute approximate surface area is 165 Å². The minimum atomic E-state index is 0.0394. The first-order chi connectivity index (χ1) is 13.5. The third-order valence-electron chi connectivity index (χ3n) is 5.64. The molecule has 0 unspecified atom stereocenters. The van der Waals surface area contributed by atoms with Crippen LogP contribution in [0, 0.1) is 0 Å². The molecule has 0 aliphatic carbocycles. The highest BCUT2D eigenvalue weighted by molar-refractivity contribution is 5.87. The number of pyridine rings is 1. The van der Waals surface area contributed by atoms with Crippen molar-refractivity contribution < 1.29 is 9.53 Å². The van der Waals surface area contributed by atoms with E-state index in [1.54, 1.807) is 0 Å². The number of fused-ring (bicyclic) bond motifs is 1. The molecule has 0 radical (unpaired) electrons. The van der Waals surface area contributed by atoms with Crippen molar-refractivity contribution in [2.75, 3.05) is 44.3 Å². The number of likely N-dealkylation sites (tertiary alicyclic amines) is 1. The lowest BCUT2D eigenvalue weighted by Gasteiger charge is -2.33. The van der Waals surface area contributed by atoms with Crippen LogP contribution in [0.25, 0.3) is 11.0 Å². The van der Waals surface area contributed by atoms with E-state index in [9.17, 15) is 4.79 Å². The van der Waals surface area contributed by atoms with Crippen molar-refractivity contribution >= 4 is 22.9 Å². The van der Waals surface area contributed by atoms with Crippen molar-refractivity contribution in [2.24, 2.45) is 7.05 Å². The lowest BCUT2D eigenvalue weighted by Crippen LogP contribution is -2.46. The first kappa shape index (κ1) is 19.0. The standard InChI is InChI=1S/C20H30N6O2/c1-14(2)22-20(27)26-6-4-15(5-7-26)16-12-17-18(21-13-24(17)3)19(23-16)25-8-10-28-11-9-25/h12-15H,4-11H2,1-3H3,(H,22,27). The molecule has 1 N–H and O–H groups in total. The zero-order valence-corrected chi connectivity index (χ0v) is 17.0. The van der Waals surface area contributed by atoms with Gasteiger partial charge in [-0.1, -0.05) is 0 Å². The molecule has 2 saturated heterocycles. The Morgan fingerprint density at radius 2 is 1.93 bits per heavy atom. The van der Waals surface area contributed by atoms with Crippen LogP contribution >= 0.6 is 0 Å². The number of morpholine rings is 1. The molecule has 2 aliphatic rings. The van der Waals surface area contributed by atoms with E-state index in [-0.39, 0.29) is 12.1 Å². The highest BCUT2D eigenvalue weighted by atomic mass is 16.5. The number of aryl methyl sites for hydroxylation is 1. The molecule has 0 aromatic carbocycles. The summed E-state index contributed by atoms with van der Waals surface area (Å²) in [5, 5.41) is 2.99. The van der Waals surface area contributed by atoms with Crippen LogP contribution in [0.4, 0.5) is 10.6 Å². The minimum absolute atomic E-state index is 0.0394. The molecule has 0 saturated carbocycles. The molecule has 4 heterocycles. The summed E-state index contributed by atoms with van der Waals surface area (Å²) in [5.74, 6) is 1.33. The Kier molecular flexibility index (Phi) is 5.39. The molecular formula is C20H30N6O2. The number of anilines is 1. The number of imidazole rings is 1. The third-order valence-corrected chi connectivity index (χ3v) is 5.64. The summed E-state index contributed by atoms with van der Waals surface area (Å²) >= 11 is 0. The van der Waals surface area contributed by atoms with Gasteiger partial charge in [0, 0.05) is 50.9 Å². The molecule has 8 nitrogen and oxygen atoms in total. The monoisotopic (exact) mass is 386 g/mol. The van der Waals surface area contributed by atoms with Crippen molar-refractivity contribution in [1.29, 1.82) is 0 Å². The summed E-state index contributed by atoms with van der Waals surface area (Å²) < 4.78 is 7.57. The second-order valence-electron chi connectivity index (χ2n) is 8.06. The molecule has 2 aliphatic heterocycles. The summed E-state index contributed by atoms with van der Waals surface area (Å²) in [4.78, 5) is 26.1. The number of hydrogen-bond acceptors (Lipinski definition) is 5. The van der Waals surface area contributed by atoms with Gasteiger partial charge in [-0.25, -0.2) is 14.8 Å². The number of aromatic nitrogens is 3. The molecule has 2 fully saturated rings. The predicted molar refractivity (Wildman–Crippen MR) is 109 cm³/mol. The van der Waals surface area contributed by atoms with E-state index < -0.39 is 0 Å². The molecule has 28 heavy (non-hydrogen) atoms. The van der Waals surface area contributed by atoms with E-state index in [0.717, 1.165) is 74.8 Å². The summed E-state index contributed by atoms with van der Waals surface area (Å²) in [6, 6.07) is 2.38. The van der Waals surface area contributed by atoms with E-state index in [1.165, 1.54) is 0 Å². The molecule has 2 aromatic heterocycles. The Morgan fingerprint density at radius 3 is 2.61 bits per heavy atom. The number of nitrogens with zero attached hydrogens (tertiary/aromatic N) is 5. The molecule has 152 valence electrons.